The topological polar surface area (TPSA) is 69.9 Å². The Hall–Kier alpha value is 0.147. The van der Waals surface area contributed by atoms with E-state index in [9.17, 15) is 14.4 Å². The van der Waals surface area contributed by atoms with E-state index in [1.54, 1.807) is 6.07 Å². The average Bonchev–Trinajstić information content (AvgIpc) is 2.38. The van der Waals surface area contributed by atoms with Crippen LogP contribution in [-0.2, 0) is 16.4 Å². The molecule has 4 nitrogen and oxygen atoms in total. The molecule has 0 atom stereocenters. The first-order valence-electron chi connectivity index (χ1n) is 6.52. The fourth-order valence-corrected chi connectivity index (χ4v) is 4.06. The molecule has 0 saturated heterocycles. The first-order chi connectivity index (χ1) is 9.88. The van der Waals surface area contributed by atoms with Gasteiger partial charge in [-0.25, -0.2) is 0 Å². The van der Waals surface area contributed by atoms with Crippen molar-refractivity contribution in [1.29, 1.82) is 0 Å². The third-order valence-electron chi connectivity index (χ3n) is 3.20. The third kappa shape index (κ3) is 5.69. The van der Waals surface area contributed by atoms with Crippen LogP contribution in [0.15, 0.2) is 24.3 Å². The number of hydrogen-bond acceptors (Lipinski definition) is 4. The Morgan fingerprint density at radius 2 is 1.52 bits per heavy atom. The quantitative estimate of drug-likeness (QED) is 0.459. The monoisotopic (exact) mass is 372 g/mol. The Bertz CT molecular complexity index is 434. The minimum absolute atomic E-state index is 0.219. The summed E-state index contributed by atoms with van der Waals surface area (Å²) in [6.07, 6.45) is 1.16. The van der Waals surface area contributed by atoms with Crippen LogP contribution < -0.4 is 0 Å². The van der Waals surface area contributed by atoms with Gasteiger partial charge in [-0.05, 0) is 30.4 Å². The Labute approximate surface area is 140 Å². The van der Waals surface area contributed by atoms with Crippen LogP contribution >= 0.6 is 34.8 Å². The highest BCUT2D eigenvalue weighted by Gasteiger charge is 2.45. The zero-order chi connectivity index (χ0) is 15.9. The number of aryl methyl sites for hydroxylation is 1. The highest BCUT2D eigenvalue weighted by atomic mass is 35.5. The van der Waals surface area contributed by atoms with Crippen molar-refractivity contribution < 1.29 is 18.8 Å². The SMILES string of the molecule is O[Si](O)(O)OC(CCCl)(CCCl)c1ccccc1CCCl. The van der Waals surface area contributed by atoms with Crippen LogP contribution in [0.4, 0.5) is 0 Å². The van der Waals surface area contributed by atoms with E-state index in [2.05, 4.69) is 0 Å². The van der Waals surface area contributed by atoms with Crippen LogP contribution in [-0.4, -0.2) is 41.1 Å². The summed E-state index contributed by atoms with van der Waals surface area (Å²) in [5.74, 6) is 0.849. The average molecular weight is 374 g/mol. The van der Waals surface area contributed by atoms with E-state index in [4.69, 9.17) is 39.2 Å². The van der Waals surface area contributed by atoms with Crippen molar-refractivity contribution in [2.45, 2.75) is 24.9 Å². The van der Waals surface area contributed by atoms with Gasteiger partial charge in [0, 0.05) is 17.6 Å². The molecule has 0 bridgehead atoms. The lowest BCUT2D eigenvalue weighted by Gasteiger charge is -2.37. The van der Waals surface area contributed by atoms with Crippen LogP contribution in [0.1, 0.15) is 24.0 Å². The molecule has 0 aliphatic heterocycles. The molecule has 0 aliphatic carbocycles. The van der Waals surface area contributed by atoms with Gasteiger partial charge in [0.1, 0.15) is 0 Å². The number of halogens is 3. The molecule has 0 amide bonds. The van der Waals surface area contributed by atoms with E-state index in [0.717, 1.165) is 11.1 Å². The maximum atomic E-state index is 9.40. The zero-order valence-electron chi connectivity index (χ0n) is 11.4. The van der Waals surface area contributed by atoms with Gasteiger partial charge in [0.15, 0.2) is 0 Å². The van der Waals surface area contributed by atoms with Gasteiger partial charge in [0.05, 0.1) is 5.60 Å². The van der Waals surface area contributed by atoms with Gasteiger partial charge in [-0.2, -0.15) is 0 Å². The summed E-state index contributed by atoms with van der Waals surface area (Å²) in [5.41, 5.74) is 0.485. The summed E-state index contributed by atoms with van der Waals surface area (Å²) < 4.78 is 5.27. The van der Waals surface area contributed by atoms with Crippen molar-refractivity contribution in [3.05, 3.63) is 35.4 Å². The van der Waals surface area contributed by atoms with Crippen molar-refractivity contribution in [3.8, 4) is 0 Å². The third-order valence-corrected chi connectivity index (χ3v) is 4.43. The molecule has 8 heteroatoms. The lowest BCUT2D eigenvalue weighted by molar-refractivity contribution is -0.0511. The van der Waals surface area contributed by atoms with Crippen molar-refractivity contribution in [2.75, 3.05) is 17.6 Å². The summed E-state index contributed by atoms with van der Waals surface area (Å²) in [5, 5.41) is 0. The second-order valence-electron chi connectivity index (χ2n) is 4.64. The maximum absolute atomic E-state index is 9.40. The molecule has 1 aromatic carbocycles. The van der Waals surface area contributed by atoms with Crippen LogP contribution in [0.2, 0.25) is 0 Å². The summed E-state index contributed by atoms with van der Waals surface area (Å²) in [7, 11) is -4.75. The fourth-order valence-electron chi connectivity index (χ4n) is 2.40. The molecule has 120 valence electrons. The zero-order valence-corrected chi connectivity index (χ0v) is 14.7. The number of benzene rings is 1. The molecule has 1 aromatic rings. The Morgan fingerprint density at radius 1 is 0.952 bits per heavy atom. The molecule has 1 rings (SSSR count). The van der Waals surface area contributed by atoms with E-state index in [-0.39, 0.29) is 24.6 Å². The second-order valence-corrected chi connectivity index (χ2v) is 7.13. The molecular formula is C13H19Cl3O4Si. The largest absolute Gasteiger partial charge is 0.672 e. The van der Waals surface area contributed by atoms with E-state index >= 15 is 0 Å². The number of alkyl halides is 3. The highest BCUT2D eigenvalue weighted by molar-refractivity contribution is 6.48. The number of hydrogen-bond donors (Lipinski definition) is 3. The fraction of sp³-hybridized carbons (Fsp3) is 0.538. The maximum Gasteiger partial charge on any atom is 0.672 e. The highest BCUT2D eigenvalue weighted by Crippen LogP contribution is 2.38. The first-order valence-corrected chi connectivity index (χ1v) is 9.87. The van der Waals surface area contributed by atoms with E-state index in [1.165, 1.54) is 0 Å². The molecule has 21 heavy (non-hydrogen) atoms. The van der Waals surface area contributed by atoms with Crippen LogP contribution in [0.25, 0.3) is 0 Å². The van der Waals surface area contributed by atoms with Crippen LogP contribution in [0, 0.1) is 0 Å². The number of rotatable bonds is 9. The molecule has 0 aliphatic rings. The van der Waals surface area contributed by atoms with Crippen LogP contribution in [0.5, 0.6) is 0 Å². The van der Waals surface area contributed by atoms with E-state index < -0.39 is 14.6 Å². The lowest BCUT2D eigenvalue weighted by atomic mass is 9.84. The minimum Gasteiger partial charge on any atom is -0.368 e. The van der Waals surface area contributed by atoms with Gasteiger partial charge in [0.25, 0.3) is 0 Å². The van der Waals surface area contributed by atoms with E-state index in [1.807, 2.05) is 18.2 Å². The molecule has 0 fully saturated rings. The lowest BCUT2D eigenvalue weighted by Crippen LogP contribution is -2.48. The Morgan fingerprint density at radius 3 is 2.00 bits per heavy atom. The molecule has 0 aromatic heterocycles. The van der Waals surface area contributed by atoms with Gasteiger partial charge in [-0.15, -0.1) is 34.8 Å². The van der Waals surface area contributed by atoms with Gasteiger partial charge in [-0.3, -0.25) is 0 Å². The van der Waals surface area contributed by atoms with Crippen molar-refractivity contribution in [1.82, 2.24) is 0 Å². The van der Waals surface area contributed by atoms with Crippen LogP contribution in [0.3, 0.4) is 0 Å². The Balaban J connectivity index is 3.33. The van der Waals surface area contributed by atoms with E-state index in [0.29, 0.717) is 12.3 Å². The van der Waals surface area contributed by atoms with Crippen molar-refractivity contribution >= 4 is 43.9 Å². The summed E-state index contributed by atoms with van der Waals surface area (Å²) in [4.78, 5) is 28.2. The summed E-state index contributed by atoms with van der Waals surface area (Å²) >= 11 is 17.5. The smallest absolute Gasteiger partial charge is 0.368 e. The predicted octanol–water partition coefficient (Wildman–Crippen LogP) is 2.35. The summed E-state index contributed by atoms with van der Waals surface area (Å²) in [6, 6.07) is 7.36. The molecule has 0 heterocycles. The standard InChI is InChI=1S/C13H19Cl3O4Si/c14-8-5-11-3-1-2-4-12(11)13(6-9-15,7-10-16)20-21(17,18)19/h1-4,17-19H,5-10H2. The normalized spacial score (nSPS) is 12.7. The minimum atomic E-state index is -4.75. The first kappa shape index (κ1) is 19.2. The second kappa shape index (κ2) is 8.69. The Kier molecular flexibility index (Phi) is 7.95. The van der Waals surface area contributed by atoms with Gasteiger partial charge >= 0.3 is 9.05 Å². The predicted molar refractivity (Wildman–Crippen MR) is 86.7 cm³/mol. The van der Waals surface area contributed by atoms with Crippen molar-refractivity contribution in [2.24, 2.45) is 0 Å². The van der Waals surface area contributed by atoms with Gasteiger partial charge in [0.2, 0.25) is 0 Å². The van der Waals surface area contributed by atoms with Crippen molar-refractivity contribution in [3.63, 3.8) is 0 Å². The van der Waals surface area contributed by atoms with Gasteiger partial charge in [-0.1, -0.05) is 24.3 Å². The molecule has 3 N–H and O–H groups in total. The molecule has 0 saturated carbocycles. The molecule has 0 unspecified atom stereocenters. The molecule has 0 spiro atoms. The van der Waals surface area contributed by atoms with Gasteiger partial charge < -0.3 is 18.8 Å². The molecule has 0 radical (unpaired) electrons. The summed E-state index contributed by atoms with van der Waals surface area (Å²) in [6.45, 7) is 0. The molecular weight excluding hydrogens is 355 g/mol.